The summed E-state index contributed by atoms with van der Waals surface area (Å²) in [6.07, 6.45) is 23.0. The van der Waals surface area contributed by atoms with Crippen molar-refractivity contribution in [2.45, 2.75) is 53.9 Å². The third-order valence-electron chi connectivity index (χ3n) is 3.78. The summed E-state index contributed by atoms with van der Waals surface area (Å²) in [5.41, 5.74) is 4.05. The van der Waals surface area contributed by atoms with Gasteiger partial charge in [-0.25, -0.2) is 0 Å². The predicted molar refractivity (Wildman–Crippen MR) is 107 cm³/mol. The van der Waals surface area contributed by atoms with Crippen molar-refractivity contribution in [1.29, 1.82) is 0 Å². The molecule has 0 saturated carbocycles. The van der Waals surface area contributed by atoms with E-state index in [1.165, 1.54) is 16.8 Å². The van der Waals surface area contributed by atoms with E-state index in [0.29, 0.717) is 0 Å². The Bertz CT molecular complexity index is 484. The van der Waals surface area contributed by atoms with E-state index in [9.17, 15) is 0 Å². The lowest BCUT2D eigenvalue weighted by atomic mass is 10.1. The van der Waals surface area contributed by atoms with Gasteiger partial charge in [-0.3, -0.25) is 0 Å². The summed E-state index contributed by atoms with van der Waals surface area (Å²) in [4.78, 5) is 2.25. The highest BCUT2D eigenvalue weighted by molar-refractivity contribution is 5.26. The van der Waals surface area contributed by atoms with Crippen LogP contribution in [-0.4, -0.2) is 18.5 Å². The lowest BCUT2D eigenvalue weighted by molar-refractivity contribution is 0.464. The van der Waals surface area contributed by atoms with Crippen LogP contribution in [0.2, 0.25) is 0 Å². The fourth-order valence-electron chi connectivity index (χ4n) is 2.02. The van der Waals surface area contributed by atoms with Crippen molar-refractivity contribution in [2.24, 2.45) is 0 Å². The highest BCUT2D eigenvalue weighted by Gasteiger charge is 1.96. The monoisotopic (exact) mass is 313 g/mol. The largest absolute Gasteiger partial charge is 0.375 e. The molecule has 0 bridgehead atoms. The topological polar surface area (TPSA) is 3.24 Å². The summed E-state index contributed by atoms with van der Waals surface area (Å²) in [7, 11) is 2.12. The van der Waals surface area contributed by atoms with Gasteiger partial charge in [0, 0.05) is 19.3 Å². The van der Waals surface area contributed by atoms with Crippen molar-refractivity contribution in [3.05, 3.63) is 71.5 Å². The molecule has 0 atom stereocenters. The molecule has 23 heavy (non-hydrogen) atoms. The van der Waals surface area contributed by atoms with Crippen LogP contribution < -0.4 is 0 Å². The third kappa shape index (κ3) is 11.5. The predicted octanol–water partition coefficient (Wildman–Crippen LogP) is 6.59. The van der Waals surface area contributed by atoms with Crippen molar-refractivity contribution < 1.29 is 0 Å². The lowest BCUT2D eigenvalue weighted by Crippen LogP contribution is -2.15. The van der Waals surface area contributed by atoms with E-state index in [-0.39, 0.29) is 0 Å². The first-order valence-corrected chi connectivity index (χ1v) is 8.68. The van der Waals surface area contributed by atoms with Crippen LogP contribution in [0.1, 0.15) is 53.9 Å². The van der Waals surface area contributed by atoms with E-state index in [2.05, 4.69) is 101 Å². The van der Waals surface area contributed by atoms with E-state index >= 15 is 0 Å². The molecule has 0 aliphatic carbocycles. The van der Waals surface area contributed by atoms with Gasteiger partial charge in [-0.1, -0.05) is 67.2 Å². The zero-order chi connectivity index (χ0) is 17.5. The number of rotatable bonds is 10. The molecule has 0 amide bonds. The summed E-state index contributed by atoms with van der Waals surface area (Å²) in [6, 6.07) is 0. The maximum absolute atomic E-state index is 2.25. The van der Waals surface area contributed by atoms with E-state index in [1.807, 2.05) is 0 Å². The number of likely N-dealkylation sites (N-methyl/N-ethyl adjacent to an activating group) is 1. The van der Waals surface area contributed by atoms with Gasteiger partial charge in [0.25, 0.3) is 0 Å². The average molecular weight is 314 g/mol. The van der Waals surface area contributed by atoms with Crippen LogP contribution in [0.3, 0.4) is 0 Å². The standard InChI is InChI=1S/C22H35N/c1-7-10-11-12-13-14-16-20(4)19-22(9-3)17-15-18-23(6)21(5)8-2/h8-11,13-17H,7,12,18-19H2,1-6H3. The van der Waals surface area contributed by atoms with Gasteiger partial charge < -0.3 is 4.90 Å². The van der Waals surface area contributed by atoms with E-state index < -0.39 is 0 Å². The van der Waals surface area contributed by atoms with Crippen molar-refractivity contribution >= 4 is 0 Å². The molecule has 0 aliphatic heterocycles. The second-order valence-electron chi connectivity index (χ2n) is 5.81. The molecule has 0 saturated heterocycles. The first kappa shape index (κ1) is 21.2. The van der Waals surface area contributed by atoms with Crippen LogP contribution in [0.25, 0.3) is 0 Å². The van der Waals surface area contributed by atoms with E-state index in [0.717, 1.165) is 25.8 Å². The van der Waals surface area contributed by atoms with E-state index in [1.54, 1.807) is 0 Å². The lowest BCUT2D eigenvalue weighted by Gasteiger charge is -2.17. The first-order chi connectivity index (χ1) is 11.0. The van der Waals surface area contributed by atoms with Crippen LogP contribution in [0.4, 0.5) is 0 Å². The van der Waals surface area contributed by atoms with Crippen LogP contribution in [0.5, 0.6) is 0 Å². The Hall–Kier alpha value is -1.76. The Morgan fingerprint density at radius 2 is 1.70 bits per heavy atom. The third-order valence-corrected chi connectivity index (χ3v) is 3.78. The van der Waals surface area contributed by atoms with Crippen molar-refractivity contribution in [3.8, 4) is 0 Å². The molecule has 0 N–H and O–H groups in total. The smallest absolute Gasteiger partial charge is 0.0356 e. The molecule has 0 rings (SSSR count). The normalized spacial score (nSPS) is 14.6. The van der Waals surface area contributed by atoms with Crippen molar-refractivity contribution in [3.63, 3.8) is 0 Å². The van der Waals surface area contributed by atoms with E-state index in [4.69, 9.17) is 0 Å². The zero-order valence-electron chi connectivity index (χ0n) is 16.0. The van der Waals surface area contributed by atoms with Crippen LogP contribution in [0, 0.1) is 0 Å². The molecule has 1 nitrogen and oxygen atoms in total. The van der Waals surface area contributed by atoms with Gasteiger partial charge in [0.05, 0.1) is 0 Å². The molecule has 0 aromatic carbocycles. The number of allylic oxidation sites excluding steroid dienone is 11. The van der Waals surface area contributed by atoms with Gasteiger partial charge in [-0.2, -0.15) is 0 Å². The Balaban J connectivity index is 4.40. The SMILES string of the molecule is CC=C(C=CCN(C)C(C)=CC)CC(C)=CC=CCC=CCC. The Morgan fingerprint density at radius 1 is 0.957 bits per heavy atom. The summed E-state index contributed by atoms with van der Waals surface area (Å²) in [5.74, 6) is 0. The second-order valence-corrected chi connectivity index (χ2v) is 5.81. The van der Waals surface area contributed by atoms with Crippen molar-refractivity contribution in [1.82, 2.24) is 4.90 Å². The maximum Gasteiger partial charge on any atom is 0.0356 e. The minimum Gasteiger partial charge on any atom is -0.375 e. The van der Waals surface area contributed by atoms with Gasteiger partial charge in [-0.15, -0.1) is 0 Å². The highest BCUT2D eigenvalue weighted by Crippen LogP contribution is 2.12. The molecular formula is C22H35N. The molecule has 1 heteroatoms. The Labute approximate surface area is 144 Å². The zero-order valence-corrected chi connectivity index (χ0v) is 16.0. The van der Waals surface area contributed by atoms with Gasteiger partial charge in [0.15, 0.2) is 0 Å². The first-order valence-electron chi connectivity index (χ1n) is 8.68. The Morgan fingerprint density at radius 3 is 2.30 bits per heavy atom. The molecule has 0 heterocycles. The molecule has 0 fully saturated rings. The van der Waals surface area contributed by atoms with Gasteiger partial charge >= 0.3 is 0 Å². The second kappa shape index (κ2) is 13.9. The van der Waals surface area contributed by atoms with Gasteiger partial charge in [0.1, 0.15) is 0 Å². The van der Waals surface area contributed by atoms with Crippen LogP contribution in [0.15, 0.2) is 71.5 Å². The van der Waals surface area contributed by atoms with Crippen molar-refractivity contribution in [2.75, 3.05) is 13.6 Å². The van der Waals surface area contributed by atoms with Crippen LogP contribution in [-0.2, 0) is 0 Å². The summed E-state index contributed by atoms with van der Waals surface area (Å²) in [5, 5.41) is 0. The molecular weight excluding hydrogens is 278 g/mol. The minimum absolute atomic E-state index is 0.944. The molecule has 0 aromatic rings. The molecule has 0 spiro atoms. The molecule has 0 radical (unpaired) electrons. The summed E-state index contributed by atoms with van der Waals surface area (Å²) >= 11 is 0. The average Bonchev–Trinajstić information content (AvgIpc) is 2.55. The van der Waals surface area contributed by atoms with Crippen LogP contribution >= 0.6 is 0 Å². The summed E-state index contributed by atoms with van der Waals surface area (Å²) < 4.78 is 0. The molecule has 0 aromatic heterocycles. The number of hydrogen-bond acceptors (Lipinski definition) is 1. The maximum atomic E-state index is 2.25. The van der Waals surface area contributed by atoms with Gasteiger partial charge in [-0.05, 0) is 52.5 Å². The highest BCUT2D eigenvalue weighted by atomic mass is 15.1. The molecule has 0 aliphatic rings. The Kier molecular flexibility index (Phi) is 12.8. The summed E-state index contributed by atoms with van der Waals surface area (Å²) in [6.45, 7) is 11.6. The molecule has 0 unspecified atom stereocenters. The fourth-order valence-corrected chi connectivity index (χ4v) is 2.02. The fraction of sp³-hybridized carbons (Fsp3) is 0.455. The number of hydrogen-bond donors (Lipinski definition) is 0. The minimum atomic E-state index is 0.944. The quantitative estimate of drug-likeness (QED) is 0.325. The molecule has 128 valence electrons. The van der Waals surface area contributed by atoms with Gasteiger partial charge in [0.2, 0.25) is 0 Å². The number of nitrogens with zero attached hydrogens (tertiary/aromatic N) is 1.